The van der Waals surface area contributed by atoms with Gasteiger partial charge in [0.15, 0.2) is 0 Å². The minimum absolute atomic E-state index is 0. The monoisotopic (exact) mass is 540 g/mol. The fourth-order valence-electron chi connectivity index (χ4n) is 3.29. The van der Waals surface area contributed by atoms with Crippen LogP contribution in [0.1, 0.15) is 10.4 Å². The molecular formula is C24H30Cl2N4O4S. The summed E-state index contributed by atoms with van der Waals surface area (Å²) in [6.45, 7) is 1.02. The molecule has 0 bridgehead atoms. The smallest absolute Gasteiger partial charge is 0.262 e. The zero-order valence-corrected chi connectivity index (χ0v) is 22.1. The molecule has 0 aliphatic carbocycles. The molecule has 3 rings (SSSR count). The number of methoxy groups -OCH3 is 1. The molecular weight excluding hydrogens is 511 g/mol. The fourth-order valence-corrected chi connectivity index (χ4v) is 4.58. The van der Waals surface area contributed by atoms with E-state index in [2.05, 4.69) is 10.0 Å². The predicted molar refractivity (Wildman–Crippen MR) is 146 cm³/mol. The molecule has 3 aromatic carbocycles. The minimum Gasteiger partial charge on any atom is -0.497 e. The summed E-state index contributed by atoms with van der Waals surface area (Å²) in [7, 11) is 0.816. The minimum atomic E-state index is -3.99. The number of carbonyl (C=O) groups excluding carboxylic acids is 1. The Balaban J connectivity index is 0.00000306. The van der Waals surface area contributed by atoms with Gasteiger partial charge in [0.2, 0.25) is 0 Å². The van der Waals surface area contributed by atoms with Crippen molar-refractivity contribution >= 4 is 52.1 Å². The van der Waals surface area contributed by atoms with Gasteiger partial charge in [-0.1, -0.05) is 18.2 Å². The van der Waals surface area contributed by atoms with Gasteiger partial charge in [-0.2, -0.15) is 0 Å². The maximum absolute atomic E-state index is 13.4. The van der Waals surface area contributed by atoms with E-state index < -0.39 is 10.0 Å². The first kappa shape index (κ1) is 30.1. The van der Waals surface area contributed by atoms with Crippen molar-refractivity contribution in [3.05, 3.63) is 72.3 Å². The fraction of sp³-hybridized carbons (Fsp3) is 0.208. The van der Waals surface area contributed by atoms with Crippen molar-refractivity contribution in [3.8, 4) is 16.9 Å². The maximum atomic E-state index is 13.4. The summed E-state index contributed by atoms with van der Waals surface area (Å²) in [5.74, 6) is 0.229. The van der Waals surface area contributed by atoms with E-state index in [-0.39, 0.29) is 35.6 Å². The van der Waals surface area contributed by atoms with Crippen molar-refractivity contribution in [1.29, 1.82) is 0 Å². The zero-order chi connectivity index (χ0) is 24.0. The van der Waals surface area contributed by atoms with Crippen molar-refractivity contribution in [2.24, 2.45) is 5.73 Å². The third kappa shape index (κ3) is 7.50. The quantitative estimate of drug-likeness (QED) is 0.376. The molecule has 0 aromatic heterocycles. The first-order valence-electron chi connectivity index (χ1n) is 10.3. The maximum Gasteiger partial charge on any atom is 0.262 e. The van der Waals surface area contributed by atoms with Crippen LogP contribution in [0, 0.1) is 0 Å². The van der Waals surface area contributed by atoms with E-state index >= 15 is 0 Å². The molecule has 0 heterocycles. The number of hydrogen-bond donors (Lipinski definition) is 3. The number of hydrogen-bond acceptors (Lipinski definition) is 6. The summed E-state index contributed by atoms with van der Waals surface area (Å²) in [5.41, 5.74) is 8.20. The van der Waals surface area contributed by atoms with E-state index in [1.54, 1.807) is 68.7 Å². The van der Waals surface area contributed by atoms with Crippen LogP contribution in [0.15, 0.2) is 71.6 Å². The summed E-state index contributed by atoms with van der Waals surface area (Å²) < 4.78 is 34.8. The SMILES string of the molecule is COc1ccc(-c2cccc(C(=O)N(C)C)c2)c(S(=O)(=O)Nc2cccc(NCCN)c2)c1.Cl.Cl. The normalized spacial score (nSPS) is 10.4. The molecule has 0 aliphatic heterocycles. The Bertz CT molecular complexity index is 1250. The molecule has 11 heteroatoms. The van der Waals surface area contributed by atoms with Gasteiger partial charge in [0.25, 0.3) is 15.9 Å². The van der Waals surface area contributed by atoms with Gasteiger partial charge in [-0.3, -0.25) is 9.52 Å². The Labute approximate surface area is 218 Å². The second-order valence-electron chi connectivity index (χ2n) is 7.54. The lowest BCUT2D eigenvalue weighted by Crippen LogP contribution is -2.21. The zero-order valence-electron chi connectivity index (χ0n) is 19.6. The summed E-state index contributed by atoms with van der Waals surface area (Å²) in [6.07, 6.45) is 0. The number of nitrogens with zero attached hydrogens (tertiary/aromatic N) is 1. The number of sulfonamides is 1. The molecule has 190 valence electrons. The van der Waals surface area contributed by atoms with E-state index in [4.69, 9.17) is 10.5 Å². The van der Waals surface area contributed by atoms with Crippen molar-refractivity contribution in [3.63, 3.8) is 0 Å². The van der Waals surface area contributed by atoms with Gasteiger partial charge in [0.05, 0.1) is 17.7 Å². The molecule has 0 radical (unpaired) electrons. The van der Waals surface area contributed by atoms with Crippen LogP contribution < -0.4 is 20.5 Å². The Morgan fingerprint density at radius 1 is 0.971 bits per heavy atom. The van der Waals surface area contributed by atoms with Gasteiger partial charge < -0.3 is 20.7 Å². The van der Waals surface area contributed by atoms with Crippen LogP contribution in [-0.4, -0.2) is 53.5 Å². The highest BCUT2D eigenvalue weighted by Crippen LogP contribution is 2.33. The number of rotatable bonds is 9. The number of carbonyl (C=O) groups is 1. The first-order valence-corrected chi connectivity index (χ1v) is 11.8. The standard InChI is InChI=1S/C24H28N4O4S.2ClH/c1-28(2)24(29)18-7-4-6-17(14-18)22-11-10-21(32-3)16-23(22)33(30,31)27-20-9-5-8-19(15-20)26-13-12-25;;/h4-11,14-16,26-27H,12-13,25H2,1-3H3;2*1H. The number of anilines is 2. The summed E-state index contributed by atoms with van der Waals surface area (Å²) in [4.78, 5) is 13.9. The number of halogens is 2. The van der Waals surface area contributed by atoms with Gasteiger partial charge in [-0.15, -0.1) is 24.8 Å². The van der Waals surface area contributed by atoms with Gasteiger partial charge in [0.1, 0.15) is 5.75 Å². The largest absolute Gasteiger partial charge is 0.497 e. The van der Waals surface area contributed by atoms with Crippen molar-refractivity contribution < 1.29 is 17.9 Å². The molecule has 0 aliphatic rings. The molecule has 0 saturated heterocycles. The summed E-state index contributed by atoms with van der Waals surface area (Å²) in [6, 6.07) is 18.6. The summed E-state index contributed by atoms with van der Waals surface area (Å²) in [5, 5.41) is 3.13. The van der Waals surface area contributed by atoms with E-state index in [0.29, 0.717) is 41.2 Å². The molecule has 3 aromatic rings. The molecule has 4 N–H and O–H groups in total. The Morgan fingerprint density at radius 3 is 2.31 bits per heavy atom. The van der Waals surface area contributed by atoms with Crippen molar-refractivity contribution in [2.75, 3.05) is 44.3 Å². The van der Waals surface area contributed by atoms with E-state index in [9.17, 15) is 13.2 Å². The second-order valence-corrected chi connectivity index (χ2v) is 9.20. The third-order valence-corrected chi connectivity index (χ3v) is 6.31. The summed E-state index contributed by atoms with van der Waals surface area (Å²) >= 11 is 0. The molecule has 1 amide bonds. The molecule has 8 nitrogen and oxygen atoms in total. The Morgan fingerprint density at radius 2 is 1.66 bits per heavy atom. The van der Waals surface area contributed by atoms with Crippen molar-refractivity contribution in [2.45, 2.75) is 4.90 Å². The van der Waals surface area contributed by atoms with E-state index in [1.807, 2.05) is 6.07 Å². The second kappa shape index (κ2) is 13.2. The number of nitrogens with one attached hydrogen (secondary N) is 2. The average Bonchev–Trinajstić information content (AvgIpc) is 2.81. The third-order valence-electron chi connectivity index (χ3n) is 4.89. The average molecular weight is 542 g/mol. The number of ether oxygens (including phenoxy) is 1. The van der Waals surface area contributed by atoms with Crippen LogP contribution in [0.3, 0.4) is 0 Å². The lowest BCUT2D eigenvalue weighted by atomic mass is 10.0. The van der Waals surface area contributed by atoms with Gasteiger partial charge >= 0.3 is 0 Å². The van der Waals surface area contributed by atoms with Crippen LogP contribution in [0.25, 0.3) is 11.1 Å². The molecule has 0 saturated carbocycles. The van der Waals surface area contributed by atoms with Gasteiger partial charge in [0, 0.05) is 50.1 Å². The topological polar surface area (TPSA) is 114 Å². The van der Waals surface area contributed by atoms with Gasteiger partial charge in [-0.05, 0) is 48.0 Å². The van der Waals surface area contributed by atoms with Crippen LogP contribution in [-0.2, 0) is 10.0 Å². The lowest BCUT2D eigenvalue weighted by Gasteiger charge is -2.16. The molecule has 0 fully saturated rings. The van der Waals surface area contributed by atoms with Crippen LogP contribution >= 0.6 is 24.8 Å². The first-order chi connectivity index (χ1) is 15.7. The number of nitrogens with two attached hydrogens (primary N) is 1. The molecule has 0 atom stereocenters. The molecule has 0 unspecified atom stereocenters. The lowest BCUT2D eigenvalue weighted by molar-refractivity contribution is 0.0827. The van der Waals surface area contributed by atoms with Crippen LogP contribution in [0.4, 0.5) is 11.4 Å². The number of benzene rings is 3. The van der Waals surface area contributed by atoms with Crippen molar-refractivity contribution in [1.82, 2.24) is 4.90 Å². The van der Waals surface area contributed by atoms with E-state index in [0.717, 1.165) is 5.69 Å². The number of amides is 1. The van der Waals surface area contributed by atoms with Crippen LogP contribution in [0.2, 0.25) is 0 Å². The Hall–Kier alpha value is -2.98. The predicted octanol–water partition coefficient (Wildman–Crippen LogP) is 4.08. The highest BCUT2D eigenvalue weighted by Gasteiger charge is 2.22. The van der Waals surface area contributed by atoms with E-state index in [1.165, 1.54) is 18.1 Å². The Kier molecular flexibility index (Phi) is 11.3. The highest BCUT2D eigenvalue weighted by atomic mass is 35.5. The van der Waals surface area contributed by atoms with Gasteiger partial charge in [-0.25, -0.2) is 8.42 Å². The molecule has 0 spiro atoms. The van der Waals surface area contributed by atoms with Crippen LogP contribution in [0.5, 0.6) is 5.75 Å². The highest BCUT2D eigenvalue weighted by molar-refractivity contribution is 7.92. The molecule has 35 heavy (non-hydrogen) atoms.